The van der Waals surface area contributed by atoms with E-state index < -0.39 is 27.3 Å². The Hall–Kier alpha value is -2.89. The lowest BCUT2D eigenvalue weighted by atomic mass is 10.1. The lowest BCUT2D eigenvalue weighted by molar-refractivity contribution is -0.115. The van der Waals surface area contributed by atoms with E-state index in [1.165, 1.54) is 24.3 Å². The van der Waals surface area contributed by atoms with Gasteiger partial charge in [0.2, 0.25) is 5.91 Å². The zero-order chi connectivity index (χ0) is 17.0. The van der Waals surface area contributed by atoms with Crippen LogP contribution in [0.5, 0.6) is 5.75 Å². The van der Waals surface area contributed by atoms with Gasteiger partial charge < -0.3 is 10.4 Å². The number of benzene rings is 2. The molecule has 0 aliphatic carbocycles. The average Bonchev–Trinajstić information content (AvgIpc) is 2.47. The molecule has 2 aromatic rings. The van der Waals surface area contributed by atoms with Gasteiger partial charge in [0, 0.05) is 0 Å². The fourth-order valence-corrected chi connectivity index (χ4v) is 2.61. The van der Waals surface area contributed by atoms with Gasteiger partial charge in [-0.3, -0.25) is 9.35 Å². The Labute approximate surface area is 132 Å². The fourth-order valence-electron chi connectivity index (χ4n) is 1.94. The molecular weight excluding hydrogens is 320 g/mol. The van der Waals surface area contributed by atoms with E-state index in [0.717, 1.165) is 0 Å². The summed E-state index contributed by atoms with van der Waals surface area (Å²) in [5.74, 6) is -0.626. The molecule has 23 heavy (non-hydrogen) atoms. The van der Waals surface area contributed by atoms with Crippen LogP contribution >= 0.6 is 0 Å². The summed E-state index contributed by atoms with van der Waals surface area (Å²) >= 11 is 0. The first-order valence-corrected chi connectivity index (χ1v) is 7.83. The Balaban J connectivity index is 2.49. The second kappa shape index (κ2) is 6.48. The third-order valence-electron chi connectivity index (χ3n) is 2.97. The molecule has 0 spiro atoms. The number of nitriles is 1. The standard InChI is InChI=1S/C15H12N2O5S/c16-8-7-15(19)17-13-6-3-11(9-14(13)23(20,21)22)10-1-4-12(18)5-2-10/h1-6,9,18H,7H2,(H,17,19)(H,20,21,22). The van der Waals surface area contributed by atoms with Crippen LogP contribution in [0.2, 0.25) is 0 Å². The molecule has 7 nitrogen and oxygen atoms in total. The van der Waals surface area contributed by atoms with Gasteiger partial charge in [0.25, 0.3) is 10.1 Å². The molecule has 0 aliphatic rings. The molecule has 1 amide bonds. The van der Waals surface area contributed by atoms with Crippen LogP contribution in [0, 0.1) is 11.3 Å². The third kappa shape index (κ3) is 4.06. The van der Waals surface area contributed by atoms with Crippen LogP contribution in [0.1, 0.15) is 6.42 Å². The van der Waals surface area contributed by atoms with E-state index in [-0.39, 0.29) is 11.4 Å². The van der Waals surface area contributed by atoms with Crippen molar-refractivity contribution in [1.29, 1.82) is 5.26 Å². The van der Waals surface area contributed by atoms with Crippen LogP contribution in [0.25, 0.3) is 11.1 Å². The zero-order valence-corrected chi connectivity index (χ0v) is 12.5. The molecule has 0 saturated carbocycles. The first-order valence-electron chi connectivity index (χ1n) is 6.39. The average molecular weight is 332 g/mol. The molecule has 0 aliphatic heterocycles. The summed E-state index contributed by atoms with van der Waals surface area (Å²) < 4.78 is 32.4. The van der Waals surface area contributed by atoms with Gasteiger partial charge in [-0.05, 0) is 35.4 Å². The number of amides is 1. The van der Waals surface area contributed by atoms with Gasteiger partial charge in [0.05, 0.1) is 11.8 Å². The SMILES string of the molecule is N#CCC(=O)Nc1ccc(-c2ccc(O)cc2)cc1S(=O)(=O)O. The highest BCUT2D eigenvalue weighted by Crippen LogP contribution is 2.29. The minimum atomic E-state index is -4.58. The van der Waals surface area contributed by atoms with E-state index in [2.05, 4.69) is 5.32 Å². The number of carbonyl (C=O) groups is 1. The number of carbonyl (C=O) groups excluding carboxylic acids is 1. The third-order valence-corrected chi connectivity index (χ3v) is 3.87. The van der Waals surface area contributed by atoms with Crippen LogP contribution < -0.4 is 5.32 Å². The number of phenols is 1. The first-order chi connectivity index (χ1) is 10.8. The van der Waals surface area contributed by atoms with Crippen molar-refractivity contribution < 1.29 is 22.9 Å². The highest BCUT2D eigenvalue weighted by molar-refractivity contribution is 7.86. The summed E-state index contributed by atoms with van der Waals surface area (Å²) in [7, 11) is -4.58. The largest absolute Gasteiger partial charge is 0.508 e. The molecule has 0 radical (unpaired) electrons. The van der Waals surface area contributed by atoms with Gasteiger partial charge in [0.15, 0.2) is 0 Å². The van der Waals surface area contributed by atoms with Gasteiger partial charge in [-0.15, -0.1) is 0 Å². The van der Waals surface area contributed by atoms with Crippen molar-refractivity contribution >= 4 is 21.7 Å². The Morgan fingerprint density at radius 1 is 1.13 bits per heavy atom. The minimum Gasteiger partial charge on any atom is -0.508 e. The maximum atomic E-state index is 11.5. The molecule has 0 heterocycles. The number of hydrogen-bond donors (Lipinski definition) is 3. The number of hydrogen-bond acceptors (Lipinski definition) is 5. The van der Waals surface area contributed by atoms with Crippen molar-refractivity contribution in [2.75, 3.05) is 5.32 Å². The minimum absolute atomic E-state index is 0.0594. The Morgan fingerprint density at radius 3 is 2.30 bits per heavy atom. The van der Waals surface area contributed by atoms with Crippen molar-refractivity contribution in [1.82, 2.24) is 0 Å². The van der Waals surface area contributed by atoms with E-state index in [1.54, 1.807) is 24.3 Å². The quantitative estimate of drug-likeness (QED) is 0.736. The second-order valence-corrected chi connectivity index (χ2v) is 6.01. The van der Waals surface area contributed by atoms with Crippen molar-refractivity contribution in [3.05, 3.63) is 42.5 Å². The molecule has 0 fully saturated rings. The molecule has 0 unspecified atom stereocenters. The smallest absolute Gasteiger partial charge is 0.296 e. The highest BCUT2D eigenvalue weighted by atomic mass is 32.2. The van der Waals surface area contributed by atoms with E-state index in [9.17, 15) is 22.9 Å². The summed E-state index contributed by atoms with van der Waals surface area (Å²) in [5.41, 5.74) is 0.966. The molecule has 8 heteroatoms. The fraction of sp³-hybridized carbons (Fsp3) is 0.0667. The predicted molar refractivity (Wildman–Crippen MR) is 82.2 cm³/mol. The van der Waals surface area contributed by atoms with Gasteiger partial charge in [0.1, 0.15) is 17.1 Å². The molecule has 0 bridgehead atoms. The number of nitrogens with zero attached hydrogens (tertiary/aromatic N) is 1. The maximum absolute atomic E-state index is 11.5. The van der Waals surface area contributed by atoms with E-state index >= 15 is 0 Å². The Morgan fingerprint density at radius 2 is 1.74 bits per heavy atom. The summed E-state index contributed by atoms with van der Waals surface area (Å²) in [6, 6.07) is 11.7. The summed E-state index contributed by atoms with van der Waals surface area (Å²) in [6.45, 7) is 0. The lowest BCUT2D eigenvalue weighted by Gasteiger charge is -2.10. The molecule has 2 rings (SSSR count). The summed E-state index contributed by atoms with van der Waals surface area (Å²) in [4.78, 5) is 11.0. The van der Waals surface area contributed by atoms with E-state index in [4.69, 9.17) is 5.26 Å². The highest BCUT2D eigenvalue weighted by Gasteiger charge is 2.18. The molecule has 0 aromatic heterocycles. The van der Waals surface area contributed by atoms with Gasteiger partial charge in [-0.2, -0.15) is 13.7 Å². The van der Waals surface area contributed by atoms with E-state index in [0.29, 0.717) is 11.1 Å². The van der Waals surface area contributed by atoms with Crippen molar-refractivity contribution in [3.8, 4) is 22.9 Å². The second-order valence-electron chi connectivity index (χ2n) is 4.62. The lowest BCUT2D eigenvalue weighted by Crippen LogP contribution is -2.13. The molecule has 0 saturated heterocycles. The summed E-state index contributed by atoms with van der Waals surface area (Å²) in [6.07, 6.45) is -0.440. The first kappa shape index (κ1) is 16.5. The van der Waals surface area contributed by atoms with Gasteiger partial charge >= 0.3 is 0 Å². The number of aromatic hydroxyl groups is 1. The normalized spacial score (nSPS) is 10.8. The van der Waals surface area contributed by atoms with Crippen LogP contribution in [0.3, 0.4) is 0 Å². The number of rotatable bonds is 4. The molecule has 3 N–H and O–H groups in total. The number of anilines is 1. The topological polar surface area (TPSA) is 127 Å². The summed E-state index contributed by atoms with van der Waals surface area (Å²) in [5, 5.41) is 20.0. The van der Waals surface area contributed by atoms with Crippen LogP contribution in [0.15, 0.2) is 47.4 Å². The molecular formula is C15H12N2O5S. The number of nitrogens with one attached hydrogen (secondary N) is 1. The molecule has 118 valence electrons. The van der Waals surface area contributed by atoms with Crippen LogP contribution in [0.4, 0.5) is 5.69 Å². The van der Waals surface area contributed by atoms with Gasteiger partial charge in [-0.1, -0.05) is 18.2 Å². The van der Waals surface area contributed by atoms with Gasteiger partial charge in [-0.25, -0.2) is 0 Å². The predicted octanol–water partition coefficient (Wildman–Crippen LogP) is 2.16. The van der Waals surface area contributed by atoms with Crippen molar-refractivity contribution in [2.45, 2.75) is 11.3 Å². The van der Waals surface area contributed by atoms with Crippen LogP contribution in [-0.4, -0.2) is 24.0 Å². The van der Waals surface area contributed by atoms with E-state index in [1.807, 2.05) is 0 Å². The van der Waals surface area contributed by atoms with Crippen molar-refractivity contribution in [2.24, 2.45) is 0 Å². The van der Waals surface area contributed by atoms with Crippen LogP contribution in [-0.2, 0) is 14.9 Å². The maximum Gasteiger partial charge on any atom is 0.296 e. The molecule has 0 atom stereocenters. The Bertz CT molecular complexity index is 883. The Kier molecular flexibility index (Phi) is 4.64. The zero-order valence-electron chi connectivity index (χ0n) is 11.7. The molecule has 2 aromatic carbocycles. The number of phenolic OH excluding ortho intramolecular Hbond substituents is 1. The van der Waals surface area contributed by atoms with Crippen molar-refractivity contribution in [3.63, 3.8) is 0 Å². The monoisotopic (exact) mass is 332 g/mol.